The van der Waals surface area contributed by atoms with Crippen LogP contribution in [-0.4, -0.2) is 45.3 Å². The first-order chi connectivity index (χ1) is 16.0. The van der Waals surface area contributed by atoms with E-state index in [1.54, 1.807) is 13.8 Å². The second-order valence-corrected chi connectivity index (χ2v) is 8.30. The minimum Gasteiger partial charge on any atom is -0.478 e. The van der Waals surface area contributed by atoms with Gasteiger partial charge in [-0.2, -0.15) is 0 Å². The number of carbonyl (C=O) groups excluding carboxylic acids is 1. The van der Waals surface area contributed by atoms with Gasteiger partial charge in [-0.3, -0.25) is 0 Å². The number of carboxylic acid groups (broad SMARTS) is 3. The van der Waals surface area contributed by atoms with Crippen molar-refractivity contribution in [1.29, 1.82) is 0 Å². The van der Waals surface area contributed by atoms with Crippen molar-refractivity contribution in [1.82, 2.24) is 0 Å². The van der Waals surface area contributed by atoms with Gasteiger partial charge in [0.2, 0.25) is 0 Å². The van der Waals surface area contributed by atoms with E-state index in [0.29, 0.717) is 35.1 Å². The highest BCUT2D eigenvalue weighted by atomic mass is 35.5. The van der Waals surface area contributed by atoms with Crippen LogP contribution in [-0.2, 0) is 4.74 Å². The van der Waals surface area contributed by atoms with E-state index in [0.717, 1.165) is 19.3 Å². The maximum absolute atomic E-state index is 13.1. The van der Waals surface area contributed by atoms with Gasteiger partial charge < -0.3 is 20.1 Å². The molecule has 2 aromatic rings. The summed E-state index contributed by atoms with van der Waals surface area (Å²) in [5.41, 5.74) is 0.677. The number of hydrogen-bond donors (Lipinski definition) is 3. The van der Waals surface area contributed by atoms with Crippen molar-refractivity contribution in [2.24, 2.45) is 0 Å². The Morgan fingerprint density at radius 3 is 1.53 bits per heavy atom. The molecular weight excluding hydrogens is 511 g/mol. The van der Waals surface area contributed by atoms with Gasteiger partial charge in [-0.15, -0.1) is 24.8 Å². The quantitative estimate of drug-likeness (QED) is 0.276. The summed E-state index contributed by atoms with van der Waals surface area (Å²) in [6, 6.07) is 5.23. The molecule has 36 heavy (non-hydrogen) atoms. The summed E-state index contributed by atoms with van der Waals surface area (Å²) >= 11 is 0. The predicted octanol–water partition coefficient (Wildman–Crippen LogP) is 6.42. The van der Waals surface area contributed by atoms with E-state index in [1.807, 2.05) is 13.8 Å². The van der Waals surface area contributed by atoms with Crippen LogP contribution >= 0.6 is 24.8 Å². The molecule has 3 N–H and O–H groups in total. The summed E-state index contributed by atoms with van der Waals surface area (Å²) in [6.45, 7) is 7.27. The molecule has 2 rings (SSSR count). The summed E-state index contributed by atoms with van der Waals surface area (Å²) in [4.78, 5) is 48.1. The summed E-state index contributed by atoms with van der Waals surface area (Å²) in [5.74, 6) is -4.82. The molecule has 0 spiro atoms. The lowest BCUT2D eigenvalue weighted by Crippen LogP contribution is -2.20. The molecule has 0 aliphatic carbocycles. The Balaban J connectivity index is 0.00000612. The van der Waals surface area contributed by atoms with Crippen LogP contribution in [0.5, 0.6) is 0 Å². The highest BCUT2D eigenvalue weighted by Crippen LogP contribution is 2.32. The van der Waals surface area contributed by atoms with Crippen LogP contribution in [0, 0.1) is 13.8 Å². The first-order valence-corrected chi connectivity index (χ1v) is 11.2. The van der Waals surface area contributed by atoms with Gasteiger partial charge in [0.1, 0.15) is 6.10 Å². The standard InChI is InChI=1S/C26H30O8.2ClH/c1-5-7-9-16(8-6-2)34-26(33)22-13-18(15(4)11-20(22)24(29)30)17-12-21(25(31)32)19(23(27)28)10-14(17)3;;/h10-13,16H,5-9H2,1-4H3,(H,27,28)(H,29,30)(H,31,32);2*1H. The van der Waals surface area contributed by atoms with Gasteiger partial charge in [0.15, 0.2) is 0 Å². The fourth-order valence-corrected chi connectivity index (χ4v) is 3.93. The number of ether oxygens (including phenoxy) is 1. The number of halogens is 2. The molecule has 8 nitrogen and oxygen atoms in total. The normalized spacial score (nSPS) is 11.0. The predicted molar refractivity (Wildman–Crippen MR) is 140 cm³/mol. The van der Waals surface area contributed by atoms with E-state index in [2.05, 4.69) is 0 Å². The lowest BCUT2D eigenvalue weighted by molar-refractivity contribution is 0.0249. The molecule has 2 aromatic carbocycles. The van der Waals surface area contributed by atoms with Crippen LogP contribution in [0.25, 0.3) is 11.1 Å². The Morgan fingerprint density at radius 2 is 1.11 bits per heavy atom. The molecule has 198 valence electrons. The van der Waals surface area contributed by atoms with Crippen molar-refractivity contribution in [2.75, 3.05) is 0 Å². The van der Waals surface area contributed by atoms with E-state index in [9.17, 15) is 34.5 Å². The van der Waals surface area contributed by atoms with Gasteiger partial charge >= 0.3 is 23.9 Å². The van der Waals surface area contributed by atoms with Crippen molar-refractivity contribution >= 4 is 48.7 Å². The van der Waals surface area contributed by atoms with Gasteiger partial charge in [-0.1, -0.05) is 33.1 Å². The molecule has 0 aliphatic rings. The number of benzene rings is 2. The summed E-state index contributed by atoms with van der Waals surface area (Å²) < 4.78 is 5.67. The Labute approximate surface area is 222 Å². The number of unbranched alkanes of at least 4 members (excludes halogenated alkanes) is 1. The molecule has 0 heterocycles. The minimum atomic E-state index is -1.41. The lowest BCUT2D eigenvalue weighted by Gasteiger charge is -2.19. The average Bonchev–Trinajstić information content (AvgIpc) is 2.76. The van der Waals surface area contributed by atoms with E-state index >= 15 is 0 Å². The maximum atomic E-state index is 13.1. The van der Waals surface area contributed by atoms with E-state index in [1.165, 1.54) is 24.3 Å². The van der Waals surface area contributed by atoms with E-state index in [4.69, 9.17) is 4.74 Å². The fraction of sp³-hybridized carbons (Fsp3) is 0.385. The molecule has 0 fully saturated rings. The number of carboxylic acids is 3. The van der Waals surface area contributed by atoms with Gasteiger partial charge in [0, 0.05) is 0 Å². The van der Waals surface area contributed by atoms with Crippen molar-refractivity contribution < 1.29 is 39.2 Å². The molecule has 0 amide bonds. The number of esters is 1. The molecule has 0 radical (unpaired) electrons. The third-order valence-electron chi connectivity index (χ3n) is 5.69. The molecule has 0 bridgehead atoms. The largest absolute Gasteiger partial charge is 0.478 e. The number of aromatic carboxylic acids is 3. The van der Waals surface area contributed by atoms with Crippen LogP contribution in [0.2, 0.25) is 0 Å². The van der Waals surface area contributed by atoms with Crippen molar-refractivity contribution in [3.63, 3.8) is 0 Å². The second kappa shape index (κ2) is 14.5. The minimum absolute atomic E-state index is 0. The zero-order valence-corrected chi connectivity index (χ0v) is 22.3. The van der Waals surface area contributed by atoms with E-state index in [-0.39, 0.29) is 47.6 Å². The SMILES string of the molecule is CCCCC(CCC)OC(=O)c1cc(-c2cc(C(=O)O)c(C(=O)O)cc2C)c(C)cc1C(=O)O.Cl.Cl. The van der Waals surface area contributed by atoms with Gasteiger partial charge in [-0.05, 0) is 73.2 Å². The van der Waals surface area contributed by atoms with Crippen LogP contribution < -0.4 is 0 Å². The Kier molecular flexibility index (Phi) is 13.2. The highest BCUT2D eigenvalue weighted by molar-refractivity contribution is 6.05. The van der Waals surface area contributed by atoms with Gasteiger partial charge in [-0.25, -0.2) is 19.2 Å². The summed E-state index contributed by atoms with van der Waals surface area (Å²) in [6.07, 6.45) is 3.61. The average molecular weight is 543 g/mol. The number of hydrogen-bond acceptors (Lipinski definition) is 5. The first-order valence-electron chi connectivity index (χ1n) is 11.2. The zero-order valence-electron chi connectivity index (χ0n) is 20.6. The smallest absolute Gasteiger partial charge is 0.339 e. The fourth-order valence-electron chi connectivity index (χ4n) is 3.93. The molecule has 1 atom stereocenters. The maximum Gasteiger partial charge on any atom is 0.339 e. The number of aryl methyl sites for hydroxylation is 2. The first kappa shape index (κ1) is 32.9. The topological polar surface area (TPSA) is 138 Å². The molecular formula is C26H32Cl2O8. The molecule has 1 unspecified atom stereocenters. The van der Waals surface area contributed by atoms with Crippen LogP contribution in [0.3, 0.4) is 0 Å². The number of rotatable bonds is 11. The van der Waals surface area contributed by atoms with Crippen LogP contribution in [0.4, 0.5) is 0 Å². The molecule has 0 aliphatic heterocycles. The molecule has 10 heteroatoms. The van der Waals surface area contributed by atoms with Crippen molar-refractivity contribution in [2.45, 2.75) is 65.9 Å². The van der Waals surface area contributed by atoms with E-state index < -0.39 is 29.4 Å². The Morgan fingerprint density at radius 1 is 0.694 bits per heavy atom. The number of carbonyl (C=O) groups is 4. The lowest BCUT2D eigenvalue weighted by atomic mass is 9.89. The Bertz CT molecular complexity index is 1130. The van der Waals surface area contributed by atoms with Gasteiger partial charge in [0.25, 0.3) is 0 Å². The highest BCUT2D eigenvalue weighted by Gasteiger charge is 2.25. The van der Waals surface area contributed by atoms with Crippen LogP contribution in [0.15, 0.2) is 24.3 Å². The zero-order chi connectivity index (χ0) is 25.6. The van der Waals surface area contributed by atoms with Crippen molar-refractivity contribution in [3.8, 4) is 11.1 Å². The third kappa shape index (κ3) is 7.70. The molecule has 0 saturated carbocycles. The van der Waals surface area contributed by atoms with Crippen molar-refractivity contribution in [3.05, 3.63) is 57.6 Å². The summed E-state index contributed by atoms with van der Waals surface area (Å²) in [5, 5.41) is 28.6. The molecule has 0 aromatic heterocycles. The second-order valence-electron chi connectivity index (χ2n) is 8.30. The third-order valence-corrected chi connectivity index (χ3v) is 5.69. The van der Waals surface area contributed by atoms with Gasteiger partial charge in [0.05, 0.1) is 22.3 Å². The summed E-state index contributed by atoms with van der Waals surface area (Å²) in [7, 11) is 0. The molecule has 0 saturated heterocycles. The monoisotopic (exact) mass is 542 g/mol. The Hall–Kier alpha value is -3.10. The van der Waals surface area contributed by atoms with Crippen LogP contribution in [0.1, 0.15) is 98.5 Å².